The molecular weight excluding hydrogens is 242 g/mol. The highest BCUT2D eigenvalue weighted by molar-refractivity contribution is 7.84. The molecule has 0 aliphatic carbocycles. The predicted molar refractivity (Wildman–Crippen MR) is 67.6 cm³/mol. The SMILES string of the molecule is CC(CS(C)=O)Nc1ncc(N)cc1C(=O)O. The van der Waals surface area contributed by atoms with Gasteiger partial charge in [-0.1, -0.05) is 0 Å². The standard InChI is InChI=1S/C10H15N3O3S/c1-6(5-17(2)16)13-9-8(10(14)15)3-7(11)4-12-9/h3-4,6H,5,11H2,1-2H3,(H,12,13)(H,14,15). The lowest BCUT2D eigenvalue weighted by molar-refractivity contribution is 0.0697. The third-order valence-corrected chi connectivity index (χ3v) is 2.98. The van der Waals surface area contributed by atoms with E-state index in [0.717, 1.165) is 0 Å². The molecule has 0 aromatic carbocycles. The summed E-state index contributed by atoms with van der Waals surface area (Å²) in [7, 11) is -0.953. The molecule has 0 bridgehead atoms. The zero-order valence-corrected chi connectivity index (χ0v) is 10.5. The first kappa shape index (κ1) is 13.4. The van der Waals surface area contributed by atoms with Gasteiger partial charge in [0.2, 0.25) is 0 Å². The molecule has 0 spiro atoms. The second kappa shape index (κ2) is 5.62. The highest BCUT2D eigenvalue weighted by Crippen LogP contribution is 2.16. The average Bonchev–Trinajstić information content (AvgIpc) is 2.19. The van der Waals surface area contributed by atoms with Crippen LogP contribution in [0.2, 0.25) is 0 Å². The summed E-state index contributed by atoms with van der Waals surface area (Å²) in [6, 6.07) is 1.21. The van der Waals surface area contributed by atoms with Gasteiger partial charge in [-0.15, -0.1) is 0 Å². The molecule has 0 saturated carbocycles. The number of aromatic nitrogens is 1. The van der Waals surface area contributed by atoms with Crippen molar-refractivity contribution in [1.29, 1.82) is 0 Å². The molecule has 1 rings (SSSR count). The Morgan fingerprint density at radius 3 is 2.88 bits per heavy atom. The summed E-state index contributed by atoms with van der Waals surface area (Å²) in [5, 5.41) is 11.9. The van der Waals surface area contributed by atoms with Gasteiger partial charge >= 0.3 is 5.97 Å². The van der Waals surface area contributed by atoms with Gasteiger partial charge in [0, 0.05) is 28.9 Å². The van der Waals surface area contributed by atoms with Crippen LogP contribution in [0.3, 0.4) is 0 Å². The number of carboxylic acid groups (broad SMARTS) is 1. The highest BCUT2D eigenvalue weighted by atomic mass is 32.2. The second-order valence-electron chi connectivity index (χ2n) is 3.76. The molecule has 0 saturated heterocycles. The van der Waals surface area contributed by atoms with Crippen LogP contribution >= 0.6 is 0 Å². The monoisotopic (exact) mass is 257 g/mol. The fraction of sp³-hybridized carbons (Fsp3) is 0.400. The van der Waals surface area contributed by atoms with E-state index in [4.69, 9.17) is 10.8 Å². The van der Waals surface area contributed by atoms with E-state index in [9.17, 15) is 9.00 Å². The maximum Gasteiger partial charge on any atom is 0.339 e. The number of rotatable bonds is 5. The van der Waals surface area contributed by atoms with Gasteiger partial charge < -0.3 is 16.2 Å². The molecule has 2 atom stereocenters. The van der Waals surface area contributed by atoms with E-state index in [-0.39, 0.29) is 17.4 Å². The lowest BCUT2D eigenvalue weighted by Crippen LogP contribution is -2.24. The lowest BCUT2D eigenvalue weighted by Gasteiger charge is -2.14. The van der Waals surface area contributed by atoms with Crippen LogP contribution in [-0.4, -0.2) is 38.3 Å². The Morgan fingerprint density at radius 2 is 2.35 bits per heavy atom. The van der Waals surface area contributed by atoms with Crippen molar-refractivity contribution in [2.24, 2.45) is 0 Å². The summed E-state index contributed by atoms with van der Waals surface area (Å²) < 4.78 is 11.0. The molecule has 0 fully saturated rings. The Kier molecular flexibility index (Phi) is 4.45. The highest BCUT2D eigenvalue weighted by Gasteiger charge is 2.14. The Morgan fingerprint density at radius 1 is 1.71 bits per heavy atom. The van der Waals surface area contributed by atoms with Crippen molar-refractivity contribution in [1.82, 2.24) is 4.98 Å². The Balaban J connectivity index is 2.90. The van der Waals surface area contributed by atoms with Gasteiger partial charge in [-0.25, -0.2) is 9.78 Å². The Labute approximate surface area is 102 Å². The summed E-state index contributed by atoms with van der Waals surface area (Å²) in [4.78, 5) is 14.9. The molecule has 2 unspecified atom stereocenters. The third kappa shape index (κ3) is 4.03. The summed E-state index contributed by atoms with van der Waals surface area (Å²) in [5.41, 5.74) is 5.78. The minimum Gasteiger partial charge on any atom is -0.478 e. The summed E-state index contributed by atoms with van der Waals surface area (Å²) >= 11 is 0. The number of nitrogens with one attached hydrogen (secondary N) is 1. The van der Waals surface area contributed by atoms with Crippen LogP contribution < -0.4 is 11.1 Å². The molecule has 7 heteroatoms. The second-order valence-corrected chi connectivity index (χ2v) is 5.23. The molecular formula is C10H15N3O3S. The van der Waals surface area contributed by atoms with Crippen molar-refractivity contribution in [3.05, 3.63) is 17.8 Å². The van der Waals surface area contributed by atoms with Crippen LogP contribution in [0.25, 0.3) is 0 Å². The van der Waals surface area contributed by atoms with Gasteiger partial charge in [0.1, 0.15) is 11.4 Å². The van der Waals surface area contributed by atoms with E-state index >= 15 is 0 Å². The fourth-order valence-electron chi connectivity index (χ4n) is 1.39. The fourth-order valence-corrected chi connectivity index (χ4v) is 2.17. The Hall–Kier alpha value is -1.63. The summed E-state index contributed by atoms with van der Waals surface area (Å²) in [6.07, 6.45) is 2.97. The molecule has 0 amide bonds. The number of anilines is 2. The van der Waals surface area contributed by atoms with Crippen molar-refractivity contribution in [2.45, 2.75) is 13.0 Å². The third-order valence-electron chi connectivity index (χ3n) is 2.01. The van der Waals surface area contributed by atoms with Crippen molar-refractivity contribution >= 4 is 28.3 Å². The molecule has 17 heavy (non-hydrogen) atoms. The molecule has 6 nitrogen and oxygen atoms in total. The van der Waals surface area contributed by atoms with Gasteiger partial charge in [-0.3, -0.25) is 4.21 Å². The number of pyridine rings is 1. The zero-order valence-electron chi connectivity index (χ0n) is 9.64. The maximum absolute atomic E-state index is 11.0. The van der Waals surface area contributed by atoms with E-state index in [2.05, 4.69) is 10.3 Å². The number of nitrogen functional groups attached to an aromatic ring is 1. The lowest BCUT2D eigenvalue weighted by atomic mass is 10.2. The number of nitrogens with zero attached hydrogens (tertiary/aromatic N) is 1. The number of hydrogen-bond acceptors (Lipinski definition) is 5. The molecule has 1 heterocycles. The van der Waals surface area contributed by atoms with Crippen LogP contribution in [0.5, 0.6) is 0 Å². The summed E-state index contributed by atoms with van der Waals surface area (Å²) in [5.74, 6) is -0.438. The molecule has 0 aliphatic heterocycles. The van der Waals surface area contributed by atoms with Crippen molar-refractivity contribution < 1.29 is 14.1 Å². The number of nitrogens with two attached hydrogens (primary N) is 1. The van der Waals surface area contributed by atoms with E-state index in [0.29, 0.717) is 11.4 Å². The van der Waals surface area contributed by atoms with Crippen molar-refractivity contribution in [3.63, 3.8) is 0 Å². The summed E-state index contributed by atoms with van der Waals surface area (Å²) in [6.45, 7) is 1.81. The van der Waals surface area contributed by atoms with E-state index < -0.39 is 16.8 Å². The van der Waals surface area contributed by atoms with Crippen molar-refractivity contribution in [2.75, 3.05) is 23.1 Å². The van der Waals surface area contributed by atoms with Crippen LogP contribution in [0.4, 0.5) is 11.5 Å². The van der Waals surface area contributed by atoms with E-state index in [1.807, 2.05) is 6.92 Å². The van der Waals surface area contributed by atoms with Crippen LogP contribution in [0.15, 0.2) is 12.3 Å². The first-order valence-corrected chi connectivity index (χ1v) is 6.68. The number of aromatic carboxylic acids is 1. The van der Waals surface area contributed by atoms with Gasteiger partial charge in [0.15, 0.2) is 0 Å². The zero-order chi connectivity index (χ0) is 13.0. The minimum absolute atomic E-state index is 0.0127. The molecule has 94 valence electrons. The molecule has 0 aliphatic rings. The molecule has 1 aromatic heterocycles. The van der Waals surface area contributed by atoms with Gasteiger partial charge in [-0.2, -0.15) is 0 Å². The predicted octanol–water partition coefficient (Wildman–Crippen LogP) is 0.541. The minimum atomic E-state index is -1.10. The van der Waals surface area contributed by atoms with Crippen LogP contribution in [0.1, 0.15) is 17.3 Å². The maximum atomic E-state index is 11.0. The van der Waals surface area contributed by atoms with Gasteiger partial charge in [-0.05, 0) is 13.0 Å². The van der Waals surface area contributed by atoms with E-state index in [1.165, 1.54) is 12.3 Å². The van der Waals surface area contributed by atoms with Crippen molar-refractivity contribution in [3.8, 4) is 0 Å². The van der Waals surface area contributed by atoms with E-state index in [1.54, 1.807) is 6.26 Å². The van der Waals surface area contributed by atoms with Gasteiger partial charge in [0.05, 0.1) is 11.9 Å². The molecule has 1 aromatic rings. The van der Waals surface area contributed by atoms with Crippen LogP contribution in [-0.2, 0) is 10.8 Å². The molecule has 4 N–H and O–H groups in total. The molecule has 0 radical (unpaired) electrons. The first-order chi connectivity index (χ1) is 7.90. The smallest absolute Gasteiger partial charge is 0.339 e. The average molecular weight is 257 g/mol. The van der Waals surface area contributed by atoms with Gasteiger partial charge in [0.25, 0.3) is 0 Å². The Bertz CT molecular complexity index is 450. The quantitative estimate of drug-likeness (QED) is 0.711. The number of hydrogen-bond donors (Lipinski definition) is 3. The largest absolute Gasteiger partial charge is 0.478 e. The normalized spacial score (nSPS) is 14.0. The van der Waals surface area contributed by atoms with Crippen LogP contribution in [0, 0.1) is 0 Å². The number of carbonyl (C=O) groups is 1. The first-order valence-electron chi connectivity index (χ1n) is 4.95. The number of carboxylic acids is 1. The topological polar surface area (TPSA) is 105 Å².